The van der Waals surface area contributed by atoms with Gasteiger partial charge in [0.2, 0.25) is 0 Å². The van der Waals surface area contributed by atoms with Crippen LogP contribution in [-0.2, 0) is 0 Å². The van der Waals surface area contributed by atoms with Crippen LogP contribution in [0.1, 0.15) is 5.56 Å². The lowest BCUT2D eigenvalue weighted by Crippen LogP contribution is -1.97. The van der Waals surface area contributed by atoms with E-state index in [1.807, 2.05) is 61.5 Å². The molecule has 0 aliphatic rings. The molecule has 0 amide bonds. The van der Waals surface area contributed by atoms with Crippen molar-refractivity contribution < 1.29 is 9.15 Å². The fourth-order valence-electron chi connectivity index (χ4n) is 2.71. The van der Waals surface area contributed by atoms with Crippen LogP contribution in [0, 0.1) is 6.92 Å². The third-order valence-electron chi connectivity index (χ3n) is 4.04. The highest BCUT2D eigenvalue weighted by Crippen LogP contribution is 2.28. The molecule has 2 heterocycles. The van der Waals surface area contributed by atoms with E-state index in [0.717, 1.165) is 39.4 Å². The summed E-state index contributed by atoms with van der Waals surface area (Å²) in [6.45, 7) is 2.02. The molecule has 0 saturated heterocycles. The Morgan fingerprint density at radius 2 is 1.88 bits per heavy atom. The first-order valence-corrected chi connectivity index (χ1v) is 7.95. The van der Waals surface area contributed by atoms with E-state index in [0.29, 0.717) is 5.82 Å². The number of nitrogens with one attached hydrogen (secondary N) is 1. The van der Waals surface area contributed by atoms with Crippen molar-refractivity contribution in [1.29, 1.82) is 0 Å². The van der Waals surface area contributed by atoms with E-state index in [-0.39, 0.29) is 0 Å². The largest absolute Gasteiger partial charge is 0.497 e. The maximum Gasteiger partial charge on any atom is 0.153 e. The van der Waals surface area contributed by atoms with Crippen molar-refractivity contribution in [2.75, 3.05) is 12.4 Å². The molecule has 0 fully saturated rings. The van der Waals surface area contributed by atoms with Crippen LogP contribution < -0.4 is 10.1 Å². The van der Waals surface area contributed by atoms with Gasteiger partial charge in [0.1, 0.15) is 29.2 Å². The number of methoxy groups -OCH3 is 1. The lowest BCUT2D eigenvalue weighted by atomic mass is 10.2. The third-order valence-corrected chi connectivity index (χ3v) is 4.04. The van der Waals surface area contributed by atoms with E-state index in [1.54, 1.807) is 7.11 Å². The minimum absolute atomic E-state index is 0.707. The van der Waals surface area contributed by atoms with Crippen LogP contribution in [0.25, 0.3) is 22.4 Å². The number of benzene rings is 2. The number of ether oxygens (including phenoxy) is 1. The second-order valence-electron chi connectivity index (χ2n) is 5.74. The quantitative estimate of drug-likeness (QED) is 0.573. The number of hydrogen-bond donors (Lipinski definition) is 1. The van der Waals surface area contributed by atoms with Gasteiger partial charge in [0.05, 0.1) is 7.11 Å². The summed E-state index contributed by atoms with van der Waals surface area (Å²) < 4.78 is 11.1. The molecule has 0 aliphatic heterocycles. The number of furan rings is 1. The smallest absolute Gasteiger partial charge is 0.153 e. The molecular formula is C20H17N3O2. The summed E-state index contributed by atoms with van der Waals surface area (Å²) in [6.07, 6.45) is 1.53. The van der Waals surface area contributed by atoms with Crippen LogP contribution in [-0.4, -0.2) is 17.1 Å². The van der Waals surface area contributed by atoms with E-state index >= 15 is 0 Å². The van der Waals surface area contributed by atoms with Crippen molar-refractivity contribution in [1.82, 2.24) is 9.97 Å². The summed E-state index contributed by atoms with van der Waals surface area (Å²) in [5.74, 6) is 2.26. The second-order valence-corrected chi connectivity index (χ2v) is 5.74. The van der Waals surface area contributed by atoms with Gasteiger partial charge in [-0.2, -0.15) is 0 Å². The number of rotatable bonds is 4. The Kier molecular flexibility index (Phi) is 3.82. The highest BCUT2D eigenvalue weighted by atomic mass is 16.5. The molecule has 25 heavy (non-hydrogen) atoms. The fourth-order valence-corrected chi connectivity index (χ4v) is 2.71. The Balaban J connectivity index is 1.65. The molecule has 2 aromatic heterocycles. The van der Waals surface area contributed by atoms with Gasteiger partial charge in [0.15, 0.2) is 5.76 Å². The first-order chi connectivity index (χ1) is 12.2. The Morgan fingerprint density at radius 1 is 1.00 bits per heavy atom. The molecule has 4 rings (SSSR count). The molecule has 1 N–H and O–H groups in total. The molecule has 0 bridgehead atoms. The summed E-state index contributed by atoms with van der Waals surface area (Å²) in [7, 11) is 1.66. The molecule has 4 aromatic rings. The molecule has 0 radical (unpaired) electrons. The van der Waals surface area contributed by atoms with Crippen molar-refractivity contribution in [2.45, 2.75) is 6.92 Å². The number of anilines is 2. The van der Waals surface area contributed by atoms with Crippen molar-refractivity contribution in [3.63, 3.8) is 0 Å². The first-order valence-electron chi connectivity index (χ1n) is 7.95. The lowest BCUT2D eigenvalue weighted by molar-refractivity contribution is 0.414. The maximum absolute atomic E-state index is 5.88. The number of nitrogens with zero attached hydrogens (tertiary/aromatic N) is 2. The van der Waals surface area contributed by atoms with Crippen molar-refractivity contribution in [3.8, 4) is 17.2 Å². The normalized spacial score (nSPS) is 10.8. The van der Waals surface area contributed by atoms with Crippen LogP contribution in [0.5, 0.6) is 5.75 Å². The standard InChI is InChI=1S/C20H17N3O2/c1-13-9-15(24-2)7-8-16(13)23-20-11-17(21-12-22-20)19-10-14-5-3-4-6-18(14)25-19/h3-12H,1-2H3,(H,21,22,23). The SMILES string of the molecule is COc1ccc(Nc2cc(-c3cc4ccccc4o3)ncn2)c(C)c1. The van der Waals surface area contributed by atoms with Crippen molar-refractivity contribution >= 4 is 22.5 Å². The van der Waals surface area contributed by atoms with E-state index in [1.165, 1.54) is 6.33 Å². The molecule has 5 nitrogen and oxygen atoms in total. The molecular weight excluding hydrogens is 314 g/mol. The average molecular weight is 331 g/mol. The fraction of sp³-hybridized carbons (Fsp3) is 0.100. The summed E-state index contributed by atoms with van der Waals surface area (Å²) >= 11 is 0. The van der Waals surface area contributed by atoms with Crippen LogP contribution in [0.2, 0.25) is 0 Å². The molecule has 0 atom stereocenters. The predicted octanol–water partition coefficient (Wildman–Crippen LogP) is 4.95. The first kappa shape index (κ1) is 15.2. The number of fused-ring (bicyclic) bond motifs is 1. The zero-order chi connectivity index (χ0) is 17.2. The molecule has 2 aromatic carbocycles. The Morgan fingerprint density at radius 3 is 2.68 bits per heavy atom. The zero-order valence-electron chi connectivity index (χ0n) is 14.0. The zero-order valence-corrected chi connectivity index (χ0v) is 14.0. The summed E-state index contributed by atoms with van der Waals surface area (Å²) in [4.78, 5) is 8.63. The maximum atomic E-state index is 5.88. The summed E-state index contributed by atoms with van der Waals surface area (Å²) in [6, 6.07) is 17.6. The van der Waals surface area contributed by atoms with Gasteiger partial charge in [-0.05, 0) is 42.8 Å². The highest BCUT2D eigenvalue weighted by Gasteiger charge is 2.09. The average Bonchev–Trinajstić information content (AvgIpc) is 3.08. The van der Waals surface area contributed by atoms with Gasteiger partial charge < -0.3 is 14.5 Å². The molecule has 0 aliphatic carbocycles. The van der Waals surface area contributed by atoms with Crippen LogP contribution in [0.3, 0.4) is 0 Å². The van der Waals surface area contributed by atoms with Gasteiger partial charge in [0.25, 0.3) is 0 Å². The number of hydrogen-bond acceptors (Lipinski definition) is 5. The van der Waals surface area contributed by atoms with E-state index < -0.39 is 0 Å². The van der Waals surface area contributed by atoms with Crippen molar-refractivity contribution in [2.24, 2.45) is 0 Å². The minimum atomic E-state index is 0.707. The van der Waals surface area contributed by atoms with Crippen LogP contribution >= 0.6 is 0 Å². The van der Waals surface area contributed by atoms with Crippen LogP contribution in [0.15, 0.2) is 65.3 Å². The molecule has 5 heteroatoms. The van der Waals surface area contributed by atoms with E-state index in [4.69, 9.17) is 9.15 Å². The van der Waals surface area contributed by atoms with Gasteiger partial charge >= 0.3 is 0 Å². The number of aryl methyl sites for hydroxylation is 1. The molecule has 0 unspecified atom stereocenters. The minimum Gasteiger partial charge on any atom is -0.497 e. The van der Waals surface area contributed by atoms with Gasteiger partial charge in [-0.25, -0.2) is 9.97 Å². The monoisotopic (exact) mass is 331 g/mol. The van der Waals surface area contributed by atoms with Gasteiger partial charge in [-0.3, -0.25) is 0 Å². The van der Waals surface area contributed by atoms with E-state index in [9.17, 15) is 0 Å². The second kappa shape index (κ2) is 6.28. The van der Waals surface area contributed by atoms with Crippen LogP contribution in [0.4, 0.5) is 11.5 Å². The molecule has 0 spiro atoms. The highest BCUT2D eigenvalue weighted by molar-refractivity contribution is 5.82. The number of aromatic nitrogens is 2. The Hall–Kier alpha value is -3.34. The predicted molar refractivity (Wildman–Crippen MR) is 98.3 cm³/mol. The Labute approximate surface area is 145 Å². The third kappa shape index (κ3) is 3.04. The van der Waals surface area contributed by atoms with Gasteiger partial charge in [-0.15, -0.1) is 0 Å². The molecule has 0 saturated carbocycles. The lowest BCUT2D eigenvalue weighted by Gasteiger charge is -2.10. The van der Waals surface area contributed by atoms with Gasteiger partial charge in [0, 0.05) is 17.1 Å². The topological polar surface area (TPSA) is 60.2 Å². The van der Waals surface area contributed by atoms with Crippen molar-refractivity contribution in [3.05, 3.63) is 66.5 Å². The van der Waals surface area contributed by atoms with Gasteiger partial charge in [-0.1, -0.05) is 18.2 Å². The van der Waals surface area contributed by atoms with E-state index in [2.05, 4.69) is 15.3 Å². The summed E-state index contributed by atoms with van der Waals surface area (Å²) in [5.41, 5.74) is 3.62. The number of para-hydroxylation sites is 1. The Bertz CT molecular complexity index is 1010. The molecule has 124 valence electrons. The summed E-state index contributed by atoms with van der Waals surface area (Å²) in [5, 5.41) is 4.37.